The van der Waals surface area contributed by atoms with Gasteiger partial charge in [-0.1, -0.05) is 35.4 Å². The molecule has 82 valence electrons. The SMILES string of the molecule is CCOC(=O)C(F)[C@@H]1CCCC[C@@H]1I. The molecule has 0 aromatic rings. The molecule has 0 radical (unpaired) electrons. The zero-order chi connectivity index (χ0) is 10.6. The van der Waals surface area contributed by atoms with Crippen LogP contribution in [0.2, 0.25) is 0 Å². The maximum absolute atomic E-state index is 13.6. The Labute approximate surface area is 97.7 Å². The molecular formula is C10H16FIO2. The van der Waals surface area contributed by atoms with E-state index in [1.54, 1.807) is 6.92 Å². The van der Waals surface area contributed by atoms with Gasteiger partial charge in [0.05, 0.1) is 6.61 Å². The number of alkyl halides is 2. The maximum atomic E-state index is 13.6. The van der Waals surface area contributed by atoms with E-state index in [1.807, 2.05) is 0 Å². The van der Waals surface area contributed by atoms with Crippen LogP contribution in [0, 0.1) is 5.92 Å². The fraction of sp³-hybridized carbons (Fsp3) is 0.900. The van der Waals surface area contributed by atoms with Crippen molar-refractivity contribution in [3.63, 3.8) is 0 Å². The lowest BCUT2D eigenvalue weighted by Crippen LogP contribution is -2.34. The van der Waals surface area contributed by atoms with Gasteiger partial charge in [0.25, 0.3) is 0 Å². The molecule has 2 nitrogen and oxygen atoms in total. The van der Waals surface area contributed by atoms with Crippen molar-refractivity contribution >= 4 is 28.6 Å². The Morgan fingerprint density at radius 1 is 1.57 bits per heavy atom. The van der Waals surface area contributed by atoms with Crippen LogP contribution in [-0.4, -0.2) is 22.7 Å². The Morgan fingerprint density at radius 3 is 2.79 bits per heavy atom. The second kappa shape index (κ2) is 5.88. The third-order valence-electron chi connectivity index (χ3n) is 2.62. The van der Waals surface area contributed by atoms with E-state index in [0.717, 1.165) is 25.7 Å². The van der Waals surface area contributed by atoms with Gasteiger partial charge in [-0.05, 0) is 19.8 Å². The van der Waals surface area contributed by atoms with Gasteiger partial charge >= 0.3 is 5.97 Å². The highest BCUT2D eigenvalue weighted by molar-refractivity contribution is 14.1. The summed E-state index contributed by atoms with van der Waals surface area (Å²) in [7, 11) is 0. The molecule has 1 unspecified atom stereocenters. The first-order valence-corrected chi connectivity index (χ1v) is 6.36. The Bertz CT molecular complexity index is 199. The molecule has 1 saturated carbocycles. The van der Waals surface area contributed by atoms with Crippen LogP contribution in [0.15, 0.2) is 0 Å². The molecule has 0 N–H and O–H groups in total. The average Bonchev–Trinajstić information content (AvgIpc) is 2.18. The predicted molar refractivity (Wildman–Crippen MR) is 61.3 cm³/mol. The average molecular weight is 314 g/mol. The monoisotopic (exact) mass is 314 g/mol. The first-order valence-electron chi connectivity index (χ1n) is 5.11. The summed E-state index contributed by atoms with van der Waals surface area (Å²) >= 11 is 2.25. The van der Waals surface area contributed by atoms with Crippen molar-refractivity contribution in [1.82, 2.24) is 0 Å². The van der Waals surface area contributed by atoms with E-state index >= 15 is 0 Å². The van der Waals surface area contributed by atoms with Crippen LogP contribution in [0.4, 0.5) is 4.39 Å². The molecule has 0 heterocycles. The van der Waals surface area contributed by atoms with Gasteiger partial charge in [0.1, 0.15) is 0 Å². The Hall–Kier alpha value is 0.130. The second-order valence-electron chi connectivity index (χ2n) is 3.62. The van der Waals surface area contributed by atoms with Crippen LogP contribution in [-0.2, 0) is 9.53 Å². The van der Waals surface area contributed by atoms with E-state index in [2.05, 4.69) is 27.3 Å². The van der Waals surface area contributed by atoms with Crippen molar-refractivity contribution in [1.29, 1.82) is 0 Å². The van der Waals surface area contributed by atoms with E-state index in [0.29, 0.717) is 0 Å². The quantitative estimate of drug-likeness (QED) is 0.455. The fourth-order valence-corrected chi connectivity index (χ4v) is 3.01. The lowest BCUT2D eigenvalue weighted by Gasteiger charge is -2.28. The summed E-state index contributed by atoms with van der Waals surface area (Å²) in [5.41, 5.74) is 0. The van der Waals surface area contributed by atoms with Gasteiger partial charge in [-0.15, -0.1) is 0 Å². The Kier molecular flexibility index (Phi) is 5.12. The first kappa shape index (κ1) is 12.2. The van der Waals surface area contributed by atoms with Crippen LogP contribution in [0.5, 0.6) is 0 Å². The van der Waals surface area contributed by atoms with E-state index in [9.17, 15) is 9.18 Å². The van der Waals surface area contributed by atoms with Crippen molar-refractivity contribution < 1.29 is 13.9 Å². The first-order chi connectivity index (χ1) is 6.66. The molecule has 0 saturated heterocycles. The summed E-state index contributed by atoms with van der Waals surface area (Å²) < 4.78 is 18.6. The molecule has 0 amide bonds. The van der Waals surface area contributed by atoms with Crippen molar-refractivity contribution in [3.8, 4) is 0 Å². The van der Waals surface area contributed by atoms with Gasteiger partial charge in [-0.25, -0.2) is 9.18 Å². The molecular weight excluding hydrogens is 298 g/mol. The van der Waals surface area contributed by atoms with E-state index in [-0.39, 0.29) is 16.4 Å². The van der Waals surface area contributed by atoms with Gasteiger partial charge in [0.2, 0.25) is 6.17 Å². The minimum Gasteiger partial charge on any atom is -0.464 e. The molecule has 0 aromatic heterocycles. The Morgan fingerprint density at radius 2 is 2.21 bits per heavy atom. The molecule has 4 heteroatoms. The minimum absolute atomic E-state index is 0.136. The van der Waals surface area contributed by atoms with E-state index in [4.69, 9.17) is 0 Å². The summed E-state index contributed by atoms with van der Waals surface area (Å²) in [5.74, 6) is -0.815. The summed E-state index contributed by atoms with van der Waals surface area (Å²) in [5, 5.41) is 0. The molecule has 0 spiro atoms. The number of rotatable bonds is 3. The molecule has 1 rings (SSSR count). The van der Waals surface area contributed by atoms with Gasteiger partial charge in [0, 0.05) is 9.84 Å². The summed E-state index contributed by atoms with van der Waals surface area (Å²) in [6, 6.07) is 0. The third-order valence-corrected chi connectivity index (χ3v) is 4.17. The minimum atomic E-state index is -1.42. The normalized spacial score (nSPS) is 29.6. The number of hydrogen-bond acceptors (Lipinski definition) is 2. The fourth-order valence-electron chi connectivity index (χ4n) is 1.84. The van der Waals surface area contributed by atoms with Crippen LogP contribution in [0.25, 0.3) is 0 Å². The molecule has 3 atom stereocenters. The standard InChI is InChI=1S/C10H16FIO2/c1-2-14-10(13)9(11)7-5-3-4-6-8(7)12/h7-9H,2-6H2,1H3/t7-,8+,9?/m1/s1. The highest BCUT2D eigenvalue weighted by Crippen LogP contribution is 2.34. The van der Waals surface area contributed by atoms with Crippen LogP contribution in [0.3, 0.4) is 0 Å². The highest BCUT2D eigenvalue weighted by atomic mass is 127. The topological polar surface area (TPSA) is 26.3 Å². The zero-order valence-electron chi connectivity index (χ0n) is 8.34. The predicted octanol–water partition coefficient (Wildman–Crippen LogP) is 2.88. The van der Waals surface area contributed by atoms with Gasteiger partial charge in [-0.3, -0.25) is 0 Å². The lowest BCUT2D eigenvalue weighted by atomic mass is 9.86. The van der Waals surface area contributed by atoms with Gasteiger partial charge in [0.15, 0.2) is 0 Å². The smallest absolute Gasteiger partial charge is 0.341 e. The summed E-state index contributed by atoms with van der Waals surface area (Å²) in [6.07, 6.45) is 2.60. The second-order valence-corrected chi connectivity index (χ2v) is 5.22. The zero-order valence-corrected chi connectivity index (χ0v) is 10.5. The Balaban J connectivity index is 2.48. The van der Waals surface area contributed by atoms with Crippen molar-refractivity contribution in [3.05, 3.63) is 0 Å². The van der Waals surface area contributed by atoms with E-state index < -0.39 is 12.1 Å². The number of halogens is 2. The molecule has 1 aliphatic carbocycles. The number of hydrogen-bond donors (Lipinski definition) is 0. The number of esters is 1. The van der Waals surface area contributed by atoms with Crippen molar-refractivity contribution in [2.45, 2.75) is 42.7 Å². The number of carbonyl (C=O) groups is 1. The van der Waals surface area contributed by atoms with Crippen LogP contribution < -0.4 is 0 Å². The lowest BCUT2D eigenvalue weighted by molar-refractivity contribution is -0.151. The molecule has 0 aliphatic heterocycles. The van der Waals surface area contributed by atoms with E-state index in [1.165, 1.54) is 0 Å². The molecule has 1 aliphatic rings. The van der Waals surface area contributed by atoms with Gasteiger partial charge < -0.3 is 4.74 Å². The molecule has 1 fully saturated rings. The summed E-state index contributed by atoms with van der Waals surface area (Å²) in [6.45, 7) is 1.96. The van der Waals surface area contributed by atoms with Crippen molar-refractivity contribution in [2.75, 3.05) is 6.61 Å². The van der Waals surface area contributed by atoms with Crippen LogP contribution >= 0.6 is 22.6 Å². The maximum Gasteiger partial charge on any atom is 0.341 e. The largest absolute Gasteiger partial charge is 0.464 e. The highest BCUT2D eigenvalue weighted by Gasteiger charge is 2.35. The molecule has 0 aromatic carbocycles. The van der Waals surface area contributed by atoms with Crippen LogP contribution in [0.1, 0.15) is 32.6 Å². The molecule has 0 bridgehead atoms. The third kappa shape index (κ3) is 3.07. The van der Waals surface area contributed by atoms with Crippen molar-refractivity contribution in [2.24, 2.45) is 5.92 Å². The number of carbonyl (C=O) groups excluding carboxylic acids is 1. The summed E-state index contributed by atoms with van der Waals surface area (Å²) in [4.78, 5) is 11.2. The number of ether oxygens (including phenoxy) is 1. The molecule has 14 heavy (non-hydrogen) atoms. The van der Waals surface area contributed by atoms with Gasteiger partial charge in [-0.2, -0.15) is 0 Å².